The highest BCUT2D eigenvalue weighted by atomic mass is 16.2. The first-order chi connectivity index (χ1) is 9.34. The van der Waals surface area contributed by atoms with Crippen LogP contribution in [0.5, 0.6) is 0 Å². The zero-order chi connectivity index (χ0) is 13.8. The lowest BCUT2D eigenvalue weighted by molar-refractivity contribution is -0.129. The molecular weight excluding hydrogens is 234 g/mol. The molecule has 19 heavy (non-hydrogen) atoms. The predicted molar refractivity (Wildman–Crippen MR) is 82.2 cm³/mol. The molecule has 1 heterocycles. The number of likely N-dealkylation sites (tertiary alicyclic amines) is 1. The van der Waals surface area contributed by atoms with Gasteiger partial charge in [0.25, 0.3) is 0 Å². The van der Waals surface area contributed by atoms with Crippen LogP contribution in [-0.4, -0.2) is 23.9 Å². The molecule has 1 saturated heterocycles. The monoisotopic (exact) mass is 265 g/mol. The van der Waals surface area contributed by atoms with Gasteiger partial charge in [-0.15, -0.1) is 0 Å². The van der Waals surface area contributed by atoms with Gasteiger partial charge in [0.15, 0.2) is 0 Å². The Morgan fingerprint density at radius 2 is 1.53 bits per heavy atom. The smallest absolute Gasteiger partial charge is 0.246 e. The van der Waals surface area contributed by atoms with Crippen molar-refractivity contribution < 1.29 is 4.79 Å². The third-order valence-electron chi connectivity index (χ3n) is 3.90. The second-order valence-electron chi connectivity index (χ2n) is 5.70. The van der Waals surface area contributed by atoms with Gasteiger partial charge in [-0.05, 0) is 25.3 Å². The molecule has 0 unspecified atom stereocenters. The van der Waals surface area contributed by atoms with Crippen molar-refractivity contribution in [3.63, 3.8) is 0 Å². The lowest BCUT2D eigenvalue weighted by Crippen LogP contribution is -2.41. The van der Waals surface area contributed by atoms with Gasteiger partial charge in [0.05, 0.1) is 0 Å². The average molecular weight is 265 g/mol. The van der Waals surface area contributed by atoms with Gasteiger partial charge in [-0.25, -0.2) is 0 Å². The molecule has 1 aliphatic rings. The van der Waals surface area contributed by atoms with Crippen LogP contribution in [0.2, 0.25) is 0 Å². The number of carbonyl (C=O) groups is 1. The molecule has 1 aliphatic heterocycles. The molecule has 0 aliphatic carbocycles. The molecule has 1 rings (SSSR count). The van der Waals surface area contributed by atoms with E-state index < -0.39 is 0 Å². The van der Waals surface area contributed by atoms with Gasteiger partial charge in [-0.1, -0.05) is 64.4 Å². The van der Waals surface area contributed by atoms with E-state index >= 15 is 0 Å². The summed E-state index contributed by atoms with van der Waals surface area (Å²) in [7, 11) is 0. The average Bonchev–Trinajstić information content (AvgIpc) is 2.34. The minimum absolute atomic E-state index is 0.210. The van der Waals surface area contributed by atoms with E-state index in [-0.39, 0.29) is 5.91 Å². The molecular formula is C17H31NO. The van der Waals surface area contributed by atoms with Crippen molar-refractivity contribution in [2.75, 3.05) is 13.1 Å². The van der Waals surface area contributed by atoms with Gasteiger partial charge in [-0.2, -0.15) is 0 Å². The summed E-state index contributed by atoms with van der Waals surface area (Å²) in [6.45, 7) is 4.18. The maximum Gasteiger partial charge on any atom is 0.246 e. The van der Waals surface area contributed by atoms with Crippen molar-refractivity contribution in [1.82, 2.24) is 4.90 Å². The van der Waals surface area contributed by atoms with Gasteiger partial charge >= 0.3 is 0 Å². The summed E-state index contributed by atoms with van der Waals surface area (Å²) in [4.78, 5) is 13.4. The third kappa shape index (κ3) is 8.07. The SMILES string of the molecule is CCCCCCCCCCC/C=C/C(=O)N1CCC1. The third-order valence-corrected chi connectivity index (χ3v) is 3.90. The van der Waals surface area contributed by atoms with Crippen LogP contribution in [0.15, 0.2) is 12.2 Å². The first-order valence-electron chi connectivity index (χ1n) is 8.30. The molecule has 0 bridgehead atoms. The molecule has 0 aromatic rings. The van der Waals surface area contributed by atoms with Gasteiger partial charge in [-0.3, -0.25) is 4.79 Å². The highest BCUT2D eigenvalue weighted by molar-refractivity contribution is 5.88. The molecule has 0 aromatic carbocycles. The van der Waals surface area contributed by atoms with Gasteiger partial charge in [0, 0.05) is 13.1 Å². The molecule has 1 fully saturated rings. The van der Waals surface area contributed by atoms with Crippen molar-refractivity contribution in [2.45, 2.75) is 77.6 Å². The molecule has 0 radical (unpaired) electrons. The quantitative estimate of drug-likeness (QED) is 0.392. The largest absolute Gasteiger partial charge is 0.339 e. The van der Waals surface area contributed by atoms with Crippen molar-refractivity contribution in [3.8, 4) is 0 Å². The Morgan fingerprint density at radius 1 is 0.947 bits per heavy atom. The van der Waals surface area contributed by atoms with E-state index in [0.29, 0.717) is 0 Å². The number of rotatable bonds is 11. The van der Waals surface area contributed by atoms with Crippen LogP contribution in [0.25, 0.3) is 0 Å². The molecule has 2 heteroatoms. The van der Waals surface area contributed by atoms with E-state index in [1.807, 2.05) is 4.90 Å². The maximum absolute atomic E-state index is 11.5. The number of nitrogens with zero attached hydrogens (tertiary/aromatic N) is 1. The van der Waals surface area contributed by atoms with Crippen molar-refractivity contribution in [2.24, 2.45) is 0 Å². The number of amides is 1. The number of allylic oxidation sites excluding steroid dienone is 1. The van der Waals surface area contributed by atoms with E-state index in [4.69, 9.17) is 0 Å². The van der Waals surface area contributed by atoms with E-state index in [9.17, 15) is 4.79 Å². The molecule has 1 amide bonds. The Hall–Kier alpha value is -0.790. The Labute approximate surface area is 119 Å². The summed E-state index contributed by atoms with van der Waals surface area (Å²) >= 11 is 0. The summed E-state index contributed by atoms with van der Waals surface area (Å²) in [5, 5.41) is 0. The Morgan fingerprint density at radius 3 is 2.05 bits per heavy atom. The van der Waals surface area contributed by atoms with Crippen LogP contribution in [0, 0.1) is 0 Å². The standard InChI is InChI=1S/C17H31NO/c1-2-3-4-5-6-7-8-9-10-11-12-14-17(19)18-15-13-16-18/h12,14H,2-11,13,15-16H2,1H3/b14-12+. The summed E-state index contributed by atoms with van der Waals surface area (Å²) < 4.78 is 0. The van der Waals surface area contributed by atoms with E-state index in [1.165, 1.54) is 64.2 Å². The van der Waals surface area contributed by atoms with Crippen molar-refractivity contribution >= 4 is 5.91 Å². The molecule has 0 spiro atoms. The van der Waals surface area contributed by atoms with E-state index in [1.54, 1.807) is 6.08 Å². The topological polar surface area (TPSA) is 20.3 Å². The Kier molecular flexibility index (Phi) is 9.48. The normalized spacial score (nSPS) is 14.9. The Balaban J connectivity index is 1.80. The van der Waals surface area contributed by atoms with Crippen molar-refractivity contribution in [1.29, 1.82) is 0 Å². The summed E-state index contributed by atoms with van der Waals surface area (Å²) in [6.07, 6.45) is 18.3. The number of hydrogen-bond acceptors (Lipinski definition) is 1. The second-order valence-corrected chi connectivity index (χ2v) is 5.70. The number of carbonyl (C=O) groups excluding carboxylic acids is 1. The van der Waals surface area contributed by atoms with E-state index in [0.717, 1.165) is 19.5 Å². The minimum Gasteiger partial charge on any atom is -0.339 e. The van der Waals surface area contributed by atoms with Gasteiger partial charge in [0.1, 0.15) is 0 Å². The number of unbranched alkanes of at least 4 members (excludes halogenated alkanes) is 9. The minimum atomic E-state index is 0.210. The highest BCUT2D eigenvalue weighted by Gasteiger charge is 2.16. The summed E-state index contributed by atoms with van der Waals surface area (Å²) in [6, 6.07) is 0. The zero-order valence-corrected chi connectivity index (χ0v) is 12.7. The van der Waals surface area contributed by atoms with Gasteiger partial charge in [0.2, 0.25) is 5.91 Å². The molecule has 0 atom stereocenters. The van der Waals surface area contributed by atoms with Gasteiger partial charge < -0.3 is 4.90 Å². The molecule has 0 aromatic heterocycles. The summed E-state index contributed by atoms with van der Waals surface area (Å²) in [5.74, 6) is 0.210. The fraction of sp³-hybridized carbons (Fsp3) is 0.824. The van der Waals surface area contributed by atoms with Crippen LogP contribution in [0.1, 0.15) is 77.6 Å². The van der Waals surface area contributed by atoms with Crippen molar-refractivity contribution in [3.05, 3.63) is 12.2 Å². The lowest BCUT2D eigenvalue weighted by atomic mass is 10.1. The molecule has 0 saturated carbocycles. The molecule has 2 nitrogen and oxygen atoms in total. The zero-order valence-electron chi connectivity index (χ0n) is 12.7. The van der Waals surface area contributed by atoms with Crippen LogP contribution in [0.4, 0.5) is 0 Å². The maximum atomic E-state index is 11.5. The molecule has 110 valence electrons. The fourth-order valence-corrected chi connectivity index (χ4v) is 2.40. The number of hydrogen-bond donors (Lipinski definition) is 0. The van der Waals surface area contributed by atoms with Crippen LogP contribution < -0.4 is 0 Å². The highest BCUT2D eigenvalue weighted by Crippen LogP contribution is 2.11. The fourth-order valence-electron chi connectivity index (χ4n) is 2.40. The van der Waals surface area contributed by atoms with Crippen LogP contribution in [0.3, 0.4) is 0 Å². The molecule has 0 N–H and O–H groups in total. The summed E-state index contributed by atoms with van der Waals surface area (Å²) in [5.41, 5.74) is 0. The van der Waals surface area contributed by atoms with Crippen LogP contribution in [-0.2, 0) is 4.79 Å². The first kappa shape index (κ1) is 16.3. The first-order valence-corrected chi connectivity index (χ1v) is 8.30. The predicted octanol–water partition coefficient (Wildman–Crippen LogP) is 4.70. The Bertz CT molecular complexity index is 256. The lowest BCUT2D eigenvalue weighted by Gasteiger charge is -2.29. The van der Waals surface area contributed by atoms with Crippen LogP contribution >= 0.6 is 0 Å². The second kappa shape index (κ2) is 11.1. The van der Waals surface area contributed by atoms with E-state index in [2.05, 4.69) is 13.0 Å².